The van der Waals surface area contributed by atoms with Gasteiger partial charge in [-0.1, -0.05) is 76.6 Å². The first-order valence-electron chi connectivity index (χ1n) is 13.7. The van der Waals surface area contributed by atoms with Crippen LogP contribution in [0.25, 0.3) is 22.2 Å². The van der Waals surface area contributed by atoms with Crippen molar-refractivity contribution in [3.8, 4) is 11.3 Å². The number of hydrogen-bond acceptors (Lipinski definition) is 5. The summed E-state index contributed by atoms with van der Waals surface area (Å²) in [5.74, 6) is -0.133. The summed E-state index contributed by atoms with van der Waals surface area (Å²) in [7, 11) is 1.40. The Balaban J connectivity index is 1.53. The number of nitrogens with one attached hydrogen (secondary N) is 1. The first-order valence-corrected chi connectivity index (χ1v) is 14.5. The van der Waals surface area contributed by atoms with Crippen molar-refractivity contribution < 1.29 is 14.3 Å². The Hall–Kier alpha value is -3.51. The average Bonchev–Trinajstić information content (AvgIpc) is 3.29. The Kier molecular flexibility index (Phi) is 7.59. The summed E-state index contributed by atoms with van der Waals surface area (Å²) >= 11 is 1.51. The summed E-state index contributed by atoms with van der Waals surface area (Å²) in [5.41, 5.74) is 5.98. The lowest BCUT2D eigenvalue weighted by molar-refractivity contribution is 0.0600. The van der Waals surface area contributed by atoms with Crippen LogP contribution in [0.3, 0.4) is 0 Å². The maximum atomic E-state index is 13.9. The first kappa shape index (κ1) is 27.1. The number of anilines is 1. The van der Waals surface area contributed by atoms with Gasteiger partial charge in [0.2, 0.25) is 0 Å². The molecule has 0 saturated carbocycles. The van der Waals surface area contributed by atoms with Gasteiger partial charge in [0, 0.05) is 15.8 Å². The van der Waals surface area contributed by atoms with Crippen molar-refractivity contribution in [3.63, 3.8) is 0 Å². The van der Waals surface area contributed by atoms with E-state index in [4.69, 9.17) is 9.72 Å². The number of aryl methyl sites for hydroxylation is 1. The molecular formula is C33H36N2O3S. The minimum Gasteiger partial charge on any atom is -0.465 e. The third kappa shape index (κ3) is 5.48. The number of pyridine rings is 1. The number of esters is 1. The Morgan fingerprint density at radius 3 is 2.54 bits per heavy atom. The highest BCUT2D eigenvalue weighted by Gasteiger charge is 2.34. The predicted molar refractivity (Wildman–Crippen MR) is 160 cm³/mol. The number of rotatable bonds is 6. The van der Waals surface area contributed by atoms with Crippen LogP contribution >= 0.6 is 11.3 Å². The topological polar surface area (TPSA) is 68.3 Å². The normalized spacial score (nSPS) is 15.2. The number of ether oxygens (including phenoxy) is 1. The smallest absolute Gasteiger partial charge is 0.341 e. The van der Waals surface area contributed by atoms with E-state index in [1.807, 2.05) is 30.3 Å². The second kappa shape index (κ2) is 10.9. The monoisotopic (exact) mass is 540 g/mol. The van der Waals surface area contributed by atoms with Gasteiger partial charge in [-0.05, 0) is 60.3 Å². The van der Waals surface area contributed by atoms with Crippen LogP contribution in [0.1, 0.15) is 77.3 Å². The summed E-state index contributed by atoms with van der Waals surface area (Å²) in [4.78, 5) is 32.8. The van der Waals surface area contributed by atoms with Gasteiger partial charge < -0.3 is 10.1 Å². The molecule has 5 nitrogen and oxygen atoms in total. The zero-order valence-electron chi connectivity index (χ0n) is 23.4. The molecule has 39 heavy (non-hydrogen) atoms. The molecule has 0 saturated heterocycles. The molecular weight excluding hydrogens is 504 g/mol. The SMILES string of the molecule is CCCc1ccc(-c2cc(C(=O)Nc3sc4c(c3C(=O)OC)CCC(C(C)(C)C)C4)c3ccccc3n2)cc1. The number of thiophene rings is 1. The number of nitrogens with zero attached hydrogens (tertiary/aromatic N) is 1. The highest BCUT2D eigenvalue weighted by atomic mass is 32.1. The van der Waals surface area contributed by atoms with Gasteiger partial charge in [0.25, 0.3) is 5.91 Å². The summed E-state index contributed by atoms with van der Waals surface area (Å²) in [6.45, 7) is 8.97. The lowest BCUT2D eigenvalue weighted by Crippen LogP contribution is -2.26. The molecule has 5 rings (SSSR count). The molecule has 2 heterocycles. The number of amides is 1. The molecule has 1 unspecified atom stereocenters. The zero-order valence-corrected chi connectivity index (χ0v) is 24.2. The lowest BCUT2D eigenvalue weighted by Gasteiger charge is -2.33. The molecule has 1 aliphatic rings. The van der Waals surface area contributed by atoms with Gasteiger partial charge >= 0.3 is 5.97 Å². The summed E-state index contributed by atoms with van der Waals surface area (Å²) < 4.78 is 5.16. The van der Waals surface area contributed by atoms with E-state index >= 15 is 0 Å². The van der Waals surface area contributed by atoms with Crippen molar-refractivity contribution in [3.05, 3.63) is 81.7 Å². The summed E-state index contributed by atoms with van der Waals surface area (Å²) in [6.07, 6.45) is 4.85. The van der Waals surface area contributed by atoms with E-state index in [2.05, 4.69) is 57.3 Å². The van der Waals surface area contributed by atoms with E-state index in [1.54, 1.807) is 0 Å². The van der Waals surface area contributed by atoms with Gasteiger partial charge in [0.1, 0.15) is 5.00 Å². The van der Waals surface area contributed by atoms with Crippen LogP contribution in [-0.4, -0.2) is 24.0 Å². The molecule has 0 aliphatic heterocycles. The fourth-order valence-corrected chi connectivity index (χ4v) is 6.85. The maximum absolute atomic E-state index is 13.9. The van der Waals surface area contributed by atoms with Crippen LogP contribution in [0.4, 0.5) is 5.00 Å². The van der Waals surface area contributed by atoms with Crippen LogP contribution in [0, 0.1) is 11.3 Å². The average molecular weight is 541 g/mol. The van der Waals surface area contributed by atoms with Crippen molar-refractivity contribution in [1.29, 1.82) is 0 Å². The van der Waals surface area contributed by atoms with Gasteiger partial charge in [-0.2, -0.15) is 0 Å². The number of para-hydroxylation sites is 1. The number of carbonyl (C=O) groups is 2. The van der Waals surface area contributed by atoms with Gasteiger partial charge in [-0.15, -0.1) is 11.3 Å². The fourth-order valence-electron chi connectivity index (χ4n) is 5.54. The van der Waals surface area contributed by atoms with Gasteiger partial charge in [-0.3, -0.25) is 4.79 Å². The number of aromatic nitrogens is 1. The molecule has 1 atom stereocenters. The standard InChI is InChI=1S/C33H36N2O3S/c1-6-9-20-12-14-21(15-13-20)27-19-25(23-10-7-8-11-26(23)34-27)30(36)35-31-29(32(37)38-5)24-17-16-22(33(2,3)4)18-28(24)39-31/h7-8,10-15,19,22H,6,9,16-18H2,1-5H3,(H,35,36). The highest BCUT2D eigenvalue weighted by molar-refractivity contribution is 7.17. The van der Waals surface area contributed by atoms with E-state index in [0.717, 1.165) is 59.8 Å². The number of fused-ring (bicyclic) bond motifs is 2. The third-order valence-electron chi connectivity index (χ3n) is 7.86. The van der Waals surface area contributed by atoms with Crippen molar-refractivity contribution in [2.45, 2.75) is 59.8 Å². The Labute approximate surface area is 234 Å². The molecule has 0 fully saturated rings. The Morgan fingerprint density at radius 2 is 1.85 bits per heavy atom. The van der Waals surface area contributed by atoms with E-state index in [9.17, 15) is 9.59 Å². The number of carbonyl (C=O) groups excluding carboxylic acids is 2. The first-order chi connectivity index (χ1) is 18.7. The highest BCUT2D eigenvalue weighted by Crippen LogP contribution is 2.44. The fraction of sp³-hybridized carbons (Fsp3) is 0.364. The minimum absolute atomic E-state index is 0.178. The molecule has 1 aliphatic carbocycles. The van der Waals surface area contributed by atoms with Crippen LogP contribution in [0.5, 0.6) is 0 Å². The van der Waals surface area contributed by atoms with Gasteiger partial charge in [0.05, 0.1) is 29.4 Å². The van der Waals surface area contributed by atoms with Crippen LogP contribution in [-0.2, 0) is 24.0 Å². The second-order valence-electron chi connectivity index (χ2n) is 11.5. The lowest BCUT2D eigenvalue weighted by atomic mass is 9.72. The molecule has 2 aromatic heterocycles. The van der Waals surface area contributed by atoms with Crippen LogP contribution < -0.4 is 5.32 Å². The number of benzene rings is 2. The quantitative estimate of drug-likeness (QED) is 0.251. The van der Waals surface area contributed by atoms with Crippen molar-refractivity contribution in [1.82, 2.24) is 4.98 Å². The summed E-state index contributed by atoms with van der Waals surface area (Å²) in [6, 6.07) is 17.9. The third-order valence-corrected chi connectivity index (χ3v) is 9.03. The molecule has 6 heteroatoms. The van der Waals surface area contributed by atoms with Crippen LogP contribution in [0.2, 0.25) is 0 Å². The van der Waals surface area contributed by atoms with Crippen molar-refractivity contribution in [2.75, 3.05) is 12.4 Å². The Morgan fingerprint density at radius 1 is 1.10 bits per heavy atom. The number of methoxy groups -OCH3 is 1. The minimum atomic E-state index is -0.399. The van der Waals surface area contributed by atoms with E-state index in [1.165, 1.54) is 28.9 Å². The summed E-state index contributed by atoms with van der Waals surface area (Å²) in [5, 5.41) is 4.44. The molecule has 2 aromatic carbocycles. The second-order valence-corrected chi connectivity index (χ2v) is 12.6. The van der Waals surface area contributed by atoms with Crippen molar-refractivity contribution in [2.24, 2.45) is 11.3 Å². The maximum Gasteiger partial charge on any atom is 0.341 e. The molecule has 202 valence electrons. The van der Waals surface area contributed by atoms with Crippen LogP contribution in [0.15, 0.2) is 54.6 Å². The van der Waals surface area contributed by atoms with E-state index < -0.39 is 5.97 Å². The molecule has 0 radical (unpaired) electrons. The van der Waals surface area contributed by atoms with Crippen molar-refractivity contribution >= 4 is 39.1 Å². The largest absolute Gasteiger partial charge is 0.465 e. The molecule has 1 amide bonds. The van der Waals surface area contributed by atoms with Gasteiger partial charge in [-0.25, -0.2) is 9.78 Å². The molecule has 4 aromatic rings. The Bertz CT molecular complexity index is 1530. The predicted octanol–water partition coefficient (Wildman–Crippen LogP) is 8.11. The number of hydrogen-bond donors (Lipinski definition) is 1. The molecule has 0 spiro atoms. The van der Waals surface area contributed by atoms with Gasteiger partial charge in [0.15, 0.2) is 0 Å². The molecule has 1 N–H and O–H groups in total. The molecule has 0 bridgehead atoms. The van der Waals surface area contributed by atoms with E-state index in [0.29, 0.717) is 22.0 Å². The van der Waals surface area contributed by atoms with E-state index in [-0.39, 0.29) is 11.3 Å². The zero-order chi connectivity index (χ0) is 27.7.